The lowest BCUT2D eigenvalue weighted by Gasteiger charge is -2.08. The van der Waals surface area contributed by atoms with Crippen molar-refractivity contribution in [2.45, 2.75) is 6.92 Å². The van der Waals surface area contributed by atoms with Crippen molar-refractivity contribution < 1.29 is 13.2 Å². The van der Waals surface area contributed by atoms with Crippen molar-refractivity contribution in [2.75, 3.05) is 31.2 Å². The minimum Gasteiger partial charge on any atom is -0.370 e. The summed E-state index contributed by atoms with van der Waals surface area (Å²) in [5.74, 6) is 0.170. The summed E-state index contributed by atoms with van der Waals surface area (Å²) in [5, 5.41) is 5.76. The molecule has 7 nitrogen and oxygen atoms in total. The molecule has 0 aliphatic heterocycles. The fourth-order valence-corrected chi connectivity index (χ4v) is 2.10. The predicted octanol–water partition coefficient (Wildman–Crippen LogP) is 0.446. The first-order valence-corrected chi connectivity index (χ1v) is 8.23. The Kier molecular flexibility index (Phi) is 6.18. The van der Waals surface area contributed by atoms with Crippen LogP contribution in [0.15, 0.2) is 12.1 Å². The SMILES string of the molecule is CCNc1cc(C(=O)NCCNS(C)(=O)=O)cc(Cl)n1. The third-order valence-electron chi connectivity index (χ3n) is 2.19. The summed E-state index contributed by atoms with van der Waals surface area (Å²) in [5.41, 5.74) is 0.361. The van der Waals surface area contributed by atoms with E-state index in [1.165, 1.54) is 6.07 Å². The maximum absolute atomic E-state index is 11.9. The average molecular weight is 321 g/mol. The molecule has 1 amide bonds. The molecule has 1 aromatic rings. The minimum atomic E-state index is -3.25. The van der Waals surface area contributed by atoms with E-state index < -0.39 is 10.0 Å². The first kappa shape index (κ1) is 16.7. The molecule has 0 aromatic carbocycles. The molecule has 9 heteroatoms. The molecule has 20 heavy (non-hydrogen) atoms. The Morgan fingerprint density at radius 2 is 2.05 bits per heavy atom. The molecule has 0 radical (unpaired) electrons. The van der Waals surface area contributed by atoms with E-state index in [0.717, 1.165) is 6.26 Å². The van der Waals surface area contributed by atoms with Crippen LogP contribution in [0.25, 0.3) is 0 Å². The molecule has 112 valence electrons. The smallest absolute Gasteiger partial charge is 0.251 e. The molecule has 0 unspecified atom stereocenters. The van der Waals surface area contributed by atoms with Gasteiger partial charge >= 0.3 is 0 Å². The van der Waals surface area contributed by atoms with Crippen LogP contribution < -0.4 is 15.4 Å². The van der Waals surface area contributed by atoms with E-state index in [-0.39, 0.29) is 24.1 Å². The van der Waals surface area contributed by atoms with Gasteiger partial charge in [0.15, 0.2) is 0 Å². The van der Waals surface area contributed by atoms with Gasteiger partial charge in [0, 0.05) is 25.2 Å². The van der Waals surface area contributed by atoms with Gasteiger partial charge in [-0.2, -0.15) is 0 Å². The molecule has 0 aliphatic carbocycles. The molecular formula is C11H17ClN4O3S. The van der Waals surface area contributed by atoms with Crippen LogP contribution in [0.5, 0.6) is 0 Å². The number of carbonyl (C=O) groups excluding carboxylic acids is 1. The molecular weight excluding hydrogens is 304 g/mol. The van der Waals surface area contributed by atoms with E-state index in [4.69, 9.17) is 11.6 Å². The van der Waals surface area contributed by atoms with Crippen molar-refractivity contribution in [1.29, 1.82) is 0 Å². The van der Waals surface area contributed by atoms with E-state index in [9.17, 15) is 13.2 Å². The predicted molar refractivity (Wildman–Crippen MR) is 78.6 cm³/mol. The number of amides is 1. The monoisotopic (exact) mass is 320 g/mol. The highest BCUT2D eigenvalue weighted by Gasteiger charge is 2.09. The number of nitrogens with zero attached hydrogens (tertiary/aromatic N) is 1. The Hall–Kier alpha value is -1.38. The Labute approximate surface area is 123 Å². The number of halogens is 1. The first-order valence-electron chi connectivity index (χ1n) is 5.96. The normalized spacial score (nSPS) is 11.2. The van der Waals surface area contributed by atoms with E-state index >= 15 is 0 Å². The highest BCUT2D eigenvalue weighted by molar-refractivity contribution is 7.88. The number of rotatable bonds is 7. The summed E-state index contributed by atoms with van der Waals surface area (Å²) in [4.78, 5) is 15.9. The van der Waals surface area contributed by atoms with Crippen molar-refractivity contribution in [3.63, 3.8) is 0 Å². The molecule has 0 atom stereocenters. The molecule has 3 N–H and O–H groups in total. The van der Waals surface area contributed by atoms with Crippen LogP contribution in [0.2, 0.25) is 5.15 Å². The second-order valence-electron chi connectivity index (χ2n) is 4.02. The summed E-state index contributed by atoms with van der Waals surface area (Å²) in [7, 11) is -3.25. The fourth-order valence-electron chi connectivity index (χ4n) is 1.41. The number of nitrogens with one attached hydrogen (secondary N) is 3. The van der Waals surface area contributed by atoms with Gasteiger partial charge in [-0.05, 0) is 19.1 Å². The third kappa shape index (κ3) is 6.18. The van der Waals surface area contributed by atoms with Crippen LogP contribution in [0, 0.1) is 0 Å². The number of carbonyl (C=O) groups is 1. The van der Waals surface area contributed by atoms with Gasteiger partial charge in [0.2, 0.25) is 10.0 Å². The number of hydrogen-bond donors (Lipinski definition) is 3. The lowest BCUT2D eigenvalue weighted by Crippen LogP contribution is -2.34. The maximum atomic E-state index is 11.9. The molecule has 1 aromatic heterocycles. The summed E-state index contributed by atoms with van der Waals surface area (Å²) in [6, 6.07) is 3.02. The molecule has 0 fully saturated rings. The summed E-state index contributed by atoms with van der Waals surface area (Å²) in [6.45, 7) is 2.87. The molecule has 0 saturated heterocycles. The zero-order valence-electron chi connectivity index (χ0n) is 11.2. The first-order chi connectivity index (χ1) is 9.31. The Bertz CT molecular complexity index is 577. The number of aromatic nitrogens is 1. The van der Waals surface area contributed by atoms with Gasteiger partial charge in [-0.25, -0.2) is 18.1 Å². The second-order valence-corrected chi connectivity index (χ2v) is 6.24. The minimum absolute atomic E-state index is 0.128. The van der Waals surface area contributed by atoms with Gasteiger partial charge < -0.3 is 10.6 Å². The molecule has 1 heterocycles. The quantitative estimate of drug-likeness (QED) is 0.500. The van der Waals surface area contributed by atoms with E-state index in [2.05, 4.69) is 20.3 Å². The second kappa shape index (κ2) is 7.41. The summed E-state index contributed by atoms with van der Waals surface area (Å²) >= 11 is 5.83. The van der Waals surface area contributed by atoms with Gasteiger partial charge in [0.25, 0.3) is 5.91 Å². The summed E-state index contributed by atoms with van der Waals surface area (Å²) in [6.07, 6.45) is 1.06. The highest BCUT2D eigenvalue weighted by atomic mass is 35.5. The average Bonchev–Trinajstić information content (AvgIpc) is 2.33. The largest absolute Gasteiger partial charge is 0.370 e. The van der Waals surface area contributed by atoms with E-state index in [0.29, 0.717) is 17.9 Å². The molecule has 0 saturated carbocycles. The molecule has 1 rings (SSSR count). The number of sulfonamides is 1. The van der Waals surface area contributed by atoms with Crippen molar-refractivity contribution in [3.8, 4) is 0 Å². The molecule has 0 bridgehead atoms. The fraction of sp³-hybridized carbons (Fsp3) is 0.455. The van der Waals surface area contributed by atoms with Crippen molar-refractivity contribution >= 4 is 33.3 Å². The summed E-state index contributed by atoms with van der Waals surface area (Å²) < 4.78 is 24.0. The van der Waals surface area contributed by atoms with Crippen LogP contribution in [0.4, 0.5) is 5.82 Å². The zero-order chi connectivity index (χ0) is 15.2. The number of anilines is 1. The Balaban J connectivity index is 2.59. The Morgan fingerprint density at radius 1 is 1.35 bits per heavy atom. The maximum Gasteiger partial charge on any atom is 0.251 e. The van der Waals surface area contributed by atoms with E-state index in [1.807, 2.05) is 6.92 Å². The van der Waals surface area contributed by atoms with E-state index in [1.54, 1.807) is 6.07 Å². The lowest BCUT2D eigenvalue weighted by molar-refractivity contribution is 0.0954. The number of hydrogen-bond acceptors (Lipinski definition) is 5. The van der Waals surface area contributed by atoms with Crippen LogP contribution in [-0.2, 0) is 10.0 Å². The third-order valence-corrected chi connectivity index (χ3v) is 3.11. The zero-order valence-corrected chi connectivity index (χ0v) is 12.8. The van der Waals surface area contributed by atoms with Gasteiger partial charge in [-0.3, -0.25) is 4.79 Å². The van der Waals surface area contributed by atoms with Crippen molar-refractivity contribution in [3.05, 3.63) is 22.8 Å². The number of pyridine rings is 1. The van der Waals surface area contributed by atoms with Gasteiger partial charge in [0.1, 0.15) is 11.0 Å². The topological polar surface area (TPSA) is 100 Å². The van der Waals surface area contributed by atoms with Gasteiger partial charge in [-0.15, -0.1) is 0 Å². The van der Waals surface area contributed by atoms with Gasteiger partial charge in [-0.1, -0.05) is 11.6 Å². The standard InChI is InChI=1S/C11H17ClN4O3S/c1-3-13-10-7-8(6-9(12)16-10)11(17)14-4-5-15-20(2,18)19/h6-7,15H,3-5H2,1-2H3,(H,13,16)(H,14,17). The van der Waals surface area contributed by atoms with Crippen molar-refractivity contribution in [1.82, 2.24) is 15.0 Å². The molecule has 0 aliphatic rings. The van der Waals surface area contributed by atoms with Crippen LogP contribution in [0.3, 0.4) is 0 Å². The van der Waals surface area contributed by atoms with Crippen LogP contribution >= 0.6 is 11.6 Å². The molecule has 0 spiro atoms. The van der Waals surface area contributed by atoms with Crippen LogP contribution in [0.1, 0.15) is 17.3 Å². The Morgan fingerprint density at radius 3 is 2.65 bits per heavy atom. The van der Waals surface area contributed by atoms with Crippen molar-refractivity contribution in [2.24, 2.45) is 0 Å². The van der Waals surface area contributed by atoms with Gasteiger partial charge in [0.05, 0.1) is 6.26 Å². The lowest BCUT2D eigenvalue weighted by atomic mass is 10.2. The highest BCUT2D eigenvalue weighted by Crippen LogP contribution is 2.14. The van der Waals surface area contributed by atoms with Crippen LogP contribution in [-0.4, -0.2) is 45.2 Å².